The number of aryl methyl sites for hydroxylation is 1. The molecule has 1 unspecified atom stereocenters. The first kappa shape index (κ1) is 28.1. The van der Waals surface area contributed by atoms with Gasteiger partial charge >= 0.3 is 6.01 Å². The van der Waals surface area contributed by atoms with Crippen LogP contribution in [-0.4, -0.2) is 95.2 Å². The van der Waals surface area contributed by atoms with Crippen LogP contribution in [0.2, 0.25) is 0 Å². The van der Waals surface area contributed by atoms with Crippen LogP contribution >= 0.6 is 0 Å². The quantitative estimate of drug-likeness (QED) is 0.363. The van der Waals surface area contributed by atoms with Gasteiger partial charge < -0.3 is 29.6 Å². The van der Waals surface area contributed by atoms with Crippen molar-refractivity contribution in [3.63, 3.8) is 0 Å². The summed E-state index contributed by atoms with van der Waals surface area (Å²) in [6.07, 6.45) is 9.76. The standard InChI is InChI=1S/C31H42N6O3/c1-5-7-10-25-22(3)18-24(38)19-28(25)37-13-11-26-27(20-37)32-31(40-21-23-9-8-12-34(23)4)33-30(26)36-16-14-35(15-17-36)29(39)6-2/h5-7,10,18-19,23,29,38-39H,1-2,8-9,11-17,20-21H2,3-4H3/b10-7-/t23-,29?/m1/s1. The number of anilines is 2. The highest BCUT2D eigenvalue weighted by molar-refractivity contribution is 5.73. The second-order valence-corrected chi connectivity index (χ2v) is 11.0. The Bertz CT molecular complexity index is 1260. The lowest BCUT2D eigenvalue weighted by molar-refractivity contribution is 0.0379. The number of ether oxygens (including phenoxy) is 1. The smallest absolute Gasteiger partial charge is 0.318 e. The van der Waals surface area contributed by atoms with Crippen molar-refractivity contribution in [3.8, 4) is 11.8 Å². The van der Waals surface area contributed by atoms with Gasteiger partial charge in [-0.2, -0.15) is 9.97 Å². The number of benzene rings is 1. The molecule has 3 aliphatic rings. The second-order valence-electron chi connectivity index (χ2n) is 11.0. The van der Waals surface area contributed by atoms with Crippen LogP contribution in [-0.2, 0) is 13.0 Å². The molecule has 9 heteroatoms. The Hall–Kier alpha value is -3.40. The monoisotopic (exact) mass is 546 g/mol. The summed E-state index contributed by atoms with van der Waals surface area (Å²) < 4.78 is 6.26. The number of rotatable bonds is 9. The molecule has 0 spiro atoms. The molecule has 2 N–H and O–H groups in total. The lowest BCUT2D eigenvalue weighted by atomic mass is 10.00. The van der Waals surface area contributed by atoms with Crippen LogP contribution in [0, 0.1) is 6.92 Å². The van der Waals surface area contributed by atoms with Crippen molar-refractivity contribution >= 4 is 17.6 Å². The Labute approximate surface area is 237 Å². The summed E-state index contributed by atoms with van der Waals surface area (Å²) in [6, 6.07) is 4.42. The summed E-state index contributed by atoms with van der Waals surface area (Å²) in [4.78, 5) is 18.8. The van der Waals surface area contributed by atoms with E-state index in [2.05, 4.69) is 34.9 Å². The highest BCUT2D eigenvalue weighted by Crippen LogP contribution is 2.36. The highest BCUT2D eigenvalue weighted by atomic mass is 16.5. The zero-order valence-electron chi connectivity index (χ0n) is 23.8. The summed E-state index contributed by atoms with van der Waals surface area (Å²) in [7, 11) is 2.14. The van der Waals surface area contributed by atoms with Gasteiger partial charge in [-0.3, -0.25) is 4.90 Å². The van der Waals surface area contributed by atoms with E-state index in [1.807, 2.05) is 30.0 Å². The fourth-order valence-electron chi connectivity index (χ4n) is 6.03. The van der Waals surface area contributed by atoms with E-state index in [1.165, 1.54) is 6.42 Å². The highest BCUT2D eigenvalue weighted by Gasteiger charge is 2.30. The first-order chi connectivity index (χ1) is 19.4. The van der Waals surface area contributed by atoms with Crippen LogP contribution in [0.4, 0.5) is 11.5 Å². The number of nitrogens with zero attached hydrogens (tertiary/aromatic N) is 6. The SMILES string of the molecule is C=C/C=C\c1c(C)cc(O)cc1N1CCc2c(nc(OC[C@H]3CCCN3C)nc2N2CCN(C(O)C=C)CC2)C1. The summed E-state index contributed by atoms with van der Waals surface area (Å²) in [5.74, 6) is 1.19. The number of aromatic nitrogens is 2. The van der Waals surface area contributed by atoms with Gasteiger partial charge in [-0.15, -0.1) is 0 Å². The zero-order chi connectivity index (χ0) is 28.2. The number of likely N-dealkylation sites (N-methyl/N-ethyl adjacent to an activating group) is 1. The van der Waals surface area contributed by atoms with Crippen LogP contribution < -0.4 is 14.5 Å². The van der Waals surface area contributed by atoms with Gasteiger partial charge in [0.1, 0.15) is 24.4 Å². The maximum atomic E-state index is 10.4. The minimum absolute atomic E-state index is 0.252. The van der Waals surface area contributed by atoms with Crippen molar-refractivity contribution in [2.24, 2.45) is 0 Å². The van der Waals surface area contributed by atoms with E-state index in [4.69, 9.17) is 14.7 Å². The Kier molecular flexibility index (Phi) is 8.73. The van der Waals surface area contributed by atoms with E-state index in [1.54, 1.807) is 18.2 Å². The second kappa shape index (κ2) is 12.4. The molecule has 1 aromatic heterocycles. The molecule has 2 fully saturated rings. The van der Waals surface area contributed by atoms with Crippen molar-refractivity contribution in [1.29, 1.82) is 0 Å². The zero-order valence-corrected chi connectivity index (χ0v) is 23.8. The van der Waals surface area contributed by atoms with Gasteiger partial charge in [0.05, 0.1) is 12.2 Å². The number of fused-ring (bicyclic) bond motifs is 1. The van der Waals surface area contributed by atoms with Gasteiger partial charge in [0, 0.05) is 61.6 Å². The molecule has 2 saturated heterocycles. The molecule has 2 aromatic rings. The van der Waals surface area contributed by atoms with Gasteiger partial charge in [-0.25, -0.2) is 0 Å². The molecule has 1 aromatic carbocycles. The average Bonchev–Trinajstić information content (AvgIpc) is 3.38. The van der Waals surface area contributed by atoms with Crippen LogP contribution in [0.5, 0.6) is 11.8 Å². The van der Waals surface area contributed by atoms with Crippen LogP contribution in [0.1, 0.15) is 35.2 Å². The molecule has 4 heterocycles. The number of phenolic OH excluding ortho intramolecular Hbond substituents is 1. The van der Waals surface area contributed by atoms with E-state index in [0.717, 1.165) is 86.0 Å². The summed E-state index contributed by atoms with van der Waals surface area (Å²) in [5.41, 5.74) is 5.15. The summed E-state index contributed by atoms with van der Waals surface area (Å²) in [5, 5.41) is 20.7. The van der Waals surface area contributed by atoms with Gasteiger partial charge in [0.25, 0.3) is 0 Å². The molecule has 3 aliphatic heterocycles. The maximum absolute atomic E-state index is 10.4. The maximum Gasteiger partial charge on any atom is 0.318 e. The van der Waals surface area contributed by atoms with Crippen molar-refractivity contribution in [2.75, 3.05) is 62.7 Å². The number of hydrogen-bond acceptors (Lipinski definition) is 9. The van der Waals surface area contributed by atoms with Crippen molar-refractivity contribution in [3.05, 3.63) is 65.9 Å². The Morgan fingerprint density at radius 2 is 1.90 bits per heavy atom. The molecule has 0 aliphatic carbocycles. The van der Waals surface area contributed by atoms with Crippen molar-refractivity contribution in [2.45, 2.75) is 45.0 Å². The Morgan fingerprint density at radius 1 is 1.10 bits per heavy atom. The number of piperazine rings is 1. The average molecular weight is 547 g/mol. The lowest BCUT2D eigenvalue weighted by Crippen LogP contribution is -2.50. The number of likely N-dealkylation sites (tertiary alicyclic amines) is 1. The predicted molar refractivity (Wildman–Crippen MR) is 160 cm³/mol. The van der Waals surface area contributed by atoms with E-state index in [-0.39, 0.29) is 5.75 Å². The molecule has 0 amide bonds. The molecule has 214 valence electrons. The fraction of sp³-hybridized carbons (Fsp3) is 0.484. The van der Waals surface area contributed by atoms with E-state index in [9.17, 15) is 10.2 Å². The van der Waals surface area contributed by atoms with Crippen LogP contribution in [0.15, 0.2) is 43.5 Å². The van der Waals surface area contributed by atoms with Crippen LogP contribution in [0.3, 0.4) is 0 Å². The third-order valence-electron chi connectivity index (χ3n) is 8.39. The number of aliphatic hydroxyl groups excluding tert-OH is 1. The predicted octanol–water partition coefficient (Wildman–Crippen LogP) is 3.35. The first-order valence-electron chi connectivity index (χ1n) is 14.3. The first-order valence-corrected chi connectivity index (χ1v) is 14.3. The third kappa shape index (κ3) is 6.01. The molecule has 0 bridgehead atoms. The number of aromatic hydroxyl groups is 1. The number of allylic oxidation sites excluding steroid dienone is 2. The molecular weight excluding hydrogens is 504 g/mol. The molecule has 40 heavy (non-hydrogen) atoms. The van der Waals surface area contributed by atoms with E-state index < -0.39 is 6.23 Å². The largest absolute Gasteiger partial charge is 0.508 e. The Balaban J connectivity index is 1.45. The topological polar surface area (TPSA) is 88.4 Å². The molecule has 0 saturated carbocycles. The summed E-state index contributed by atoms with van der Waals surface area (Å²) in [6.45, 7) is 15.6. The van der Waals surface area contributed by atoms with Crippen LogP contribution in [0.25, 0.3) is 6.08 Å². The minimum atomic E-state index is -0.632. The lowest BCUT2D eigenvalue weighted by Gasteiger charge is -2.39. The summed E-state index contributed by atoms with van der Waals surface area (Å²) >= 11 is 0. The molecule has 2 atom stereocenters. The van der Waals surface area contributed by atoms with Gasteiger partial charge in [0.2, 0.25) is 0 Å². The van der Waals surface area contributed by atoms with E-state index in [0.29, 0.717) is 25.2 Å². The van der Waals surface area contributed by atoms with Crippen molar-refractivity contribution < 1.29 is 14.9 Å². The number of aliphatic hydroxyl groups is 1. The molecule has 9 nitrogen and oxygen atoms in total. The van der Waals surface area contributed by atoms with Gasteiger partial charge in [-0.1, -0.05) is 31.4 Å². The molecule has 5 rings (SSSR count). The normalized spacial score (nSPS) is 21.0. The minimum Gasteiger partial charge on any atom is -0.508 e. The van der Waals surface area contributed by atoms with Crippen molar-refractivity contribution in [1.82, 2.24) is 19.8 Å². The van der Waals surface area contributed by atoms with E-state index >= 15 is 0 Å². The third-order valence-corrected chi connectivity index (χ3v) is 8.39. The fourth-order valence-corrected chi connectivity index (χ4v) is 6.03. The van der Waals surface area contributed by atoms with Gasteiger partial charge in [0.15, 0.2) is 0 Å². The number of hydrogen-bond donors (Lipinski definition) is 2. The number of phenols is 1. The van der Waals surface area contributed by atoms with Gasteiger partial charge in [-0.05, 0) is 57.5 Å². The Morgan fingerprint density at radius 3 is 2.60 bits per heavy atom. The molecule has 0 radical (unpaired) electrons. The molecular formula is C31H42N6O3.